The number of carbonyl (C=O) groups is 1. The fourth-order valence-electron chi connectivity index (χ4n) is 5.62. The number of benzene rings is 1. The van der Waals surface area contributed by atoms with E-state index in [1.54, 1.807) is 11.3 Å². The molecule has 0 radical (unpaired) electrons. The highest BCUT2D eigenvalue weighted by Gasteiger charge is 2.33. The Morgan fingerprint density at radius 1 is 1.15 bits per heavy atom. The molecule has 12 heteroatoms. The van der Waals surface area contributed by atoms with E-state index in [2.05, 4.69) is 36.8 Å². The number of nitrogens with zero attached hydrogens (tertiary/aromatic N) is 9. The van der Waals surface area contributed by atoms with E-state index in [0.717, 1.165) is 71.3 Å². The van der Waals surface area contributed by atoms with Crippen molar-refractivity contribution in [2.45, 2.75) is 39.7 Å². The minimum atomic E-state index is 0.226. The maximum Gasteiger partial charge on any atom is 0.236 e. The van der Waals surface area contributed by atoms with Crippen LogP contribution in [0, 0.1) is 24.2 Å². The summed E-state index contributed by atoms with van der Waals surface area (Å²) in [4.78, 5) is 32.3. The quantitative estimate of drug-likeness (QED) is 0.298. The third-order valence-electron chi connectivity index (χ3n) is 8.08. The van der Waals surface area contributed by atoms with Gasteiger partial charge < -0.3 is 14.7 Å². The molecule has 6 rings (SSSR count). The standard InChI is InChI=1S/C29H35N9OS2/c1-6-22-26(35(5)27-32-25(23(13-30)40-27)20-9-7-18(2)8-10-20)38-28(31-22)41-29(33-38)36-12-11-21(16-36)34(4)17-24(39)37-14-19(3)15-37/h7-10,19,21H,6,11-12,14-17H2,1-5H3/t21-/m1/s1. The molecule has 1 aromatic carbocycles. The van der Waals surface area contributed by atoms with Crippen LogP contribution in [0.5, 0.6) is 0 Å². The number of aryl methyl sites for hydroxylation is 2. The van der Waals surface area contributed by atoms with E-state index in [-0.39, 0.29) is 5.91 Å². The fraction of sp³-hybridized carbons (Fsp3) is 0.483. The third kappa shape index (κ3) is 5.18. The van der Waals surface area contributed by atoms with Crippen LogP contribution in [-0.2, 0) is 11.2 Å². The van der Waals surface area contributed by atoms with Crippen LogP contribution in [0.1, 0.15) is 36.4 Å². The number of imidazole rings is 1. The van der Waals surface area contributed by atoms with Gasteiger partial charge in [0.2, 0.25) is 16.0 Å². The Balaban J connectivity index is 1.22. The number of thiazole rings is 1. The first kappa shape index (κ1) is 27.6. The minimum absolute atomic E-state index is 0.226. The normalized spacial score (nSPS) is 17.4. The van der Waals surface area contributed by atoms with Crippen LogP contribution in [-0.4, -0.2) is 88.2 Å². The average molecular weight is 590 g/mol. The van der Waals surface area contributed by atoms with Gasteiger partial charge in [-0.05, 0) is 32.7 Å². The second-order valence-corrected chi connectivity index (χ2v) is 13.1. The topological polar surface area (TPSA) is 96.9 Å². The van der Waals surface area contributed by atoms with Gasteiger partial charge in [-0.15, -0.1) is 5.10 Å². The molecule has 2 saturated heterocycles. The highest BCUT2D eigenvalue weighted by atomic mass is 32.1. The van der Waals surface area contributed by atoms with E-state index in [9.17, 15) is 10.1 Å². The van der Waals surface area contributed by atoms with Crippen molar-refractivity contribution in [3.05, 3.63) is 40.4 Å². The second-order valence-electron chi connectivity index (χ2n) is 11.2. The van der Waals surface area contributed by atoms with Crippen molar-refractivity contribution in [1.29, 1.82) is 5.26 Å². The number of likely N-dealkylation sites (tertiary alicyclic amines) is 1. The van der Waals surface area contributed by atoms with Gasteiger partial charge in [0.25, 0.3) is 0 Å². The number of nitriles is 1. The van der Waals surface area contributed by atoms with Crippen molar-refractivity contribution < 1.29 is 4.79 Å². The zero-order valence-corrected chi connectivity index (χ0v) is 25.8. The lowest BCUT2D eigenvalue weighted by molar-refractivity contribution is -0.138. The summed E-state index contributed by atoms with van der Waals surface area (Å²) < 4.78 is 1.92. The van der Waals surface area contributed by atoms with Crippen LogP contribution < -0.4 is 9.80 Å². The SMILES string of the molecule is CCc1nc2sc(N3CC[C@@H](N(C)CC(=O)N4CC(C)C4)C3)nn2c1N(C)c1nc(-c2ccc(C)cc2)c(C#N)s1. The summed E-state index contributed by atoms with van der Waals surface area (Å²) in [5, 5.41) is 16.5. The van der Waals surface area contributed by atoms with Crippen molar-refractivity contribution in [2.75, 3.05) is 56.6 Å². The molecular formula is C29H35N9OS2. The number of anilines is 3. The van der Waals surface area contributed by atoms with E-state index < -0.39 is 0 Å². The minimum Gasteiger partial charge on any atom is -0.345 e. The summed E-state index contributed by atoms with van der Waals surface area (Å²) in [7, 11) is 4.02. The third-order valence-corrected chi connectivity index (χ3v) is 10.1. The molecule has 41 heavy (non-hydrogen) atoms. The largest absolute Gasteiger partial charge is 0.345 e. The van der Waals surface area contributed by atoms with Gasteiger partial charge in [0, 0.05) is 44.8 Å². The van der Waals surface area contributed by atoms with Crippen LogP contribution in [0.3, 0.4) is 0 Å². The van der Waals surface area contributed by atoms with Crippen molar-refractivity contribution >= 4 is 49.6 Å². The van der Waals surface area contributed by atoms with Gasteiger partial charge in [0.15, 0.2) is 10.9 Å². The summed E-state index contributed by atoms with van der Waals surface area (Å²) in [6, 6.07) is 10.7. The van der Waals surface area contributed by atoms with Crippen molar-refractivity contribution in [3.8, 4) is 17.3 Å². The summed E-state index contributed by atoms with van der Waals surface area (Å²) in [6.07, 6.45) is 1.75. The average Bonchev–Trinajstić information content (AvgIpc) is 3.73. The summed E-state index contributed by atoms with van der Waals surface area (Å²) in [5.74, 6) is 1.72. The van der Waals surface area contributed by atoms with Gasteiger partial charge in [0.05, 0.1) is 12.2 Å². The highest BCUT2D eigenvalue weighted by Crippen LogP contribution is 2.38. The molecule has 2 aliphatic heterocycles. The van der Waals surface area contributed by atoms with Gasteiger partial charge in [-0.25, -0.2) is 9.97 Å². The van der Waals surface area contributed by atoms with E-state index in [1.165, 1.54) is 16.9 Å². The number of fused-ring (bicyclic) bond motifs is 1. The second kappa shape index (κ2) is 11.0. The van der Waals surface area contributed by atoms with Gasteiger partial charge in [-0.3, -0.25) is 9.69 Å². The molecule has 10 nitrogen and oxygen atoms in total. The Morgan fingerprint density at radius 2 is 1.90 bits per heavy atom. The molecule has 5 heterocycles. The Kier molecular flexibility index (Phi) is 7.44. The van der Waals surface area contributed by atoms with Gasteiger partial charge in [0.1, 0.15) is 16.6 Å². The smallest absolute Gasteiger partial charge is 0.236 e. The van der Waals surface area contributed by atoms with Crippen molar-refractivity contribution in [3.63, 3.8) is 0 Å². The zero-order chi connectivity index (χ0) is 28.8. The first-order valence-corrected chi connectivity index (χ1v) is 15.7. The molecule has 1 atom stereocenters. The molecule has 0 unspecified atom stereocenters. The van der Waals surface area contributed by atoms with E-state index in [4.69, 9.17) is 15.1 Å². The molecule has 3 aromatic heterocycles. The number of carbonyl (C=O) groups excluding carboxylic acids is 1. The first-order valence-electron chi connectivity index (χ1n) is 14.1. The summed E-state index contributed by atoms with van der Waals surface area (Å²) >= 11 is 2.97. The van der Waals surface area contributed by atoms with Crippen molar-refractivity contribution in [1.82, 2.24) is 29.4 Å². The molecule has 0 saturated carbocycles. The lowest BCUT2D eigenvalue weighted by atomic mass is 10.0. The predicted octanol–water partition coefficient (Wildman–Crippen LogP) is 4.41. The monoisotopic (exact) mass is 589 g/mol. The zero-order valence-electron chi connectivity index (χ0n) is 24.2. The van der Waals surface area contributed by atoms with E-state index >= 15 is 0 Å². The van der Waals surface area contributed by atoms with Gasteiger partial charge in [-0.2, -0.15) is 9.78 Å². The molecule has 0 bridgehead atoms. The maximum atomic E-state index is 12.6. The van der Waals surface area contributed by atoms with Crippen LogP contribution in [0.25, 0.3) is 16.2 Å². The predicted molar refractivity (Wildman–Crippen MR) is 164 cm³/mol. The van der Waals surface area contributed by atoms with Crippen molar-refractivity contribution in [2.24, 2.45) is 5.92 Å². The van der Waals surface area contributed by atoms with Gasteiger partial charge >= 0.3 is 0 Å². The van der Waals surface area contributed by atoms with E-state index in [0.29, 0.717) is 29.1 Å². The Morgan fingerprint density at radius 3 is 2.59 bits per heavy atom. The number of rotatable bonds is 8. The molecule has 214 valence electrons. The van der Waals surface area contributed by atoms with Crippen LogP contribution >= 0.6 is 22.7 Å². The summed E-state index contributed by atoms with van der Waals surface area (Å²) in [5.41, 5.74) is 3.75. The lowest BCUT2D eigenvalue weighted by Gasteiger charge is -2.38. The van der Waals surface area contributed by atoms with Crippen LogP contribution in [0.2, 0.25) is 0 Å². The van der Waals surface area contributed by atoms with E-state index in [1.807, 2.05) is 52.6 Å². The molecule has 0 aliphatic carbocycles. The summed E-state index contributed by atoms with van der Waals surface area (Å²) in [6.45, 7) is 10.3. The molecular weight excluding hydrogens is 555 g/mol. The number of hydrogen-bond donors (Lipinski definition) is 0. The number of amides is 1. The van der Waals surface area contributed by atoms with Crippen LogP contribution in [0.4, 0.5) is 16.1 Å². The molecule has 0 N–H and O–H groups in total. The maximum absolute atomic E-state index is 12.6. The first-order chi connectivity index (χ1) is 19.7. The Labute approximate surface area is 248 Å². The Bertz CT molecular complexity index is 1610. The van der Waals surface area contributed by atoms with Crippen LogP contribution in [0.15, 0.2) is 24.3 Å². The molecule has 4 aromatic rings. The Hall–Kier alpha value is -3.53. The van der Waals surface area contributed by atoms with Gasteiger partial charge in [-0.1, -0.05) is 66.3 Å². The lowest BCUT2D eigenvalue weighted by Crippen LogP contribution is -2.52. The highest BCUT2D eigenvalue weighted by molar-refractivity contribution is 7.20. The molecule has 1 amide bonds. The molecule has 0 spiro atoms. The fourth-order valence-corrected chi connectivity index (χ4v) is 7.42. The molecule has 2 aliphatic rings. The number of likely N-dealkylation sites (N-methyl/N-ethyl adjacent to an activating group) is 1. The number of aromatic nitrogens is 4. The number of hydrogen-bond acceptors (Lipinski definition) is 10. The molecule has 2 fully saturated rings.